The molecule has 0 N–H and O–H groups in total. The molecule has 2 aliphatic rings. The predicted molar refractivity (Wildman–Crippen MR) is 123 cm³/mol. The van der Waals surface area contributed by atoms with Gasteiger partial charge in [0.1, 0.15) is 5.69 Å². The molecule has 32 heavy (non-hydrogen) atoms. The van der Waals surface area contributed by atoms with Crippen LogP contribution in [-0.4, -0.2) is 47.6 Å². The summed E-state index contributed by atoms with van der Waals surface area (Å²) in [5, 5.41) is 0. The SMILES string of the molecule is Cn1cnc(C(=O)N2CC3C=C(c4ccc5c(n4)n(C)c(=O)n5CC(C)(C)C)CC3C2)c1. The minimum Gasteiger partial charge on any atom is -0.340 e. The number of carbonyl (C=O) groups excluding carboxylic acids is 1. The molecule has 5 rings (SSSR count). The third-order valence-corrected chi connectivity index (χ3v) is 6.54. The fourth-order valence-corrected chi connectivity index (χ4v) is 5.03. The number of hydrogen-bond acceptors (Lipinski definition) is 4. The van der Waals surface area contributed by atoms with Gasteiger partial charge in [-0.15, -0.1) is 0 Å². The largest absolute Gasteiger partial charge is 0.340 e. The monoisotopic (exact) mass is 434 g/mol. The van der Waals surface area contributed by atoms with E-state index in [-0.39, 0.29) is 17.0 Å². The van der Waals surface area contributed by atoms with Crippen molar-refractivity contribution in [1.29, 1.82) is 0 Å². The van der Waals surface area contributed by atoms with E-state index in [4.69, 9.17) is 4.98 Å². The molecule has 168 valence electrons. The third kappa shape index (κ3) is 3.47. The Morgan fingerprint density at radius 3 is 2.62 bits per heavy atom. The number of pyridine rings is 1. The number of allylic oxidation sites excluding steroid dienone is 1. The van der Waals surface area contributed by atoms with Crippen molar-refractivity contribution in [2.24, 2.45) is 31.3 Å². The molecule has 0 aromatic carbocycles. The van der Waals surface area contributed by atoms with Crippen LogP contribution in [0.4, 0.5) is 0 Å². The van der Waals surface area contributed by atoms with Crippen molar-refractivity contribution in [1.82, 2.24) is 28.6 Å². The lowest BCUT2D eigenvalue weighted by molar-refractivity contribution is 0.0779. The molecular formula is C24H30N6O2. The standard InChI is InChI=1S/C24H30N6O2/c1-24(2,3)13-30-20-7-6-18(26-21(20)28(5)23(30)32)15-8-16-10-29(11-17(16)9-15)22(31)19-12-27(4)14-25-19/h6-8,12,14,16-17H,9-11,13H2,1-5H3. The minimum atomic E-state index is -0.0273. The molecule has 0 bridgehead atoms. The minimum absolute atomic E-state index is 0.000778. The van der Waals surface area contributed by atoms with Gasteiger partial charge >= 0.3 is 5.69 Å². The Balaban J connectivity index is 1.39. The molecule has 3 aromatic heterocycles. The molecule has 1 amide bonds. The summed E-state index contributed by atoms with van der Waals surface area (Å²) in [6, 6.07) is 4.06. The molecule has 1 fully saturated rings. The van der Waals surface area contributed by atoms with Crippen LogP contribution in [0.3, 0.4) is 0 Å². The van der Waals surface area contributed by atoms with Crippen LogP contribution in [0.5, 0.6) is 0 Å². The summed E-state index contributed by atoms with van der Waals surface area (Å²) < 4.78 is 5.27. The zero-order valence-corrected chi connectivity index (χ0v) is 19.4. The Kier molecular flexibility index (Phi) is 4.65. The molecule has 0 saturated carbocycles. The quantitative estimate of drug-likeness (QED) is 0.635. The molecule has 0 radical (unpaired) electrons. The number of carbonyl (C=O) groups is 1. The van der Waals surface area contributed by atoms with Crippen LogP contribution in [0.15, 0.2) is 35.5 Å². The summed E-state index contributed by atoms with van der Waals surface area (Å²) >= 11 is 0. The van der Waals surface area contributed by atoms with Gasteiger partial charge in [-0.2, -0.15) is 0 Å². The molecule has 1 aliphatic carbocycles. The highest BCUT2D eigenvalue weighted by atomic mass is 16.2. The van der Waals surface area contributed by atoms with Crippen molar-refractivity contribution in [2.45, 2.75) is 33.7 Å². The van der Waals surface area contributed by atoms with Gasteiger partial charge in [0, 0.05) is 39.9 Å². The molecule has 8 heteroatoms. The highest BCUT2D eigenvalue weighted by Crippen LogP contribution is 2.41. The van der Waals surface area contributed by atoms with Gasteiger partial charge in [0.15, 0.2) is 5.65 Å². The normalized spacial score (nSPS) is 20.8. The topological polar surface area (TPSA) is 78.0 Å². The first kappa shape index (κ1) is 20.7. The molecule has 1 aliphatic heterocycles. The lowest BCUT2D eigenvalue weighted by atomic mass is 9.97. The highest BCUT2D eigenvalue weighted by molar-refractivity contribution is 5.92. The van der Waals surface area contributed by atoms with E-state index in [1.807, 2.05) is 28.6 Å². The molecular weight excluding hydrogens is 404 g/mol. The molecule has 0 spiro atoms. The first-order valence-corrected chi connectivity index (χ1v) is 11.2. The second-order valence-electron chi connectivity index (χ2n) is 10.5. The maximum Gasteiger partial charge on any atom is 0.330 e. The van der Waals surface area contributed by atoms with Gasteiger partial charge in [-0.25, -0.2) is 14.8 Å². The van der Waals surface area contributed by atoms with E-state index in [1.165, 1.54) is 5.57 Å². The summed E-state index contributed by atoms with van der Waals surface area (Å²) in [5.74, 6) is 0.749. The Morgan fingerprint density at radius 2 is 1.97 bits per heavy atom. The zero-order chi connectivity index (χ0) is 22.8. The van der Waals surface area contributed by atoms with E-state index in [2.05, 4.69) is 31.8 Å². The Labute approximate surface area is 187 Å². The van der Waals surface area contributed by atoms with Crippen LogP contribution < -0.4 is 5.69 Å². The number of imidazole rings is 2. The fourth-order valence-electron chi connectivity index (χ4n) is 5.03. The number of nitrogens with zero attached hydrogens (tertiary/aromatic N) is 6. The van der Waals surface area contributed by atoms with Gasteiger partial charge < -0.3 is 9.47 Å². The predicted octanol–water partition coefficient (Wildman–Crippen LogP) is 2.69. The van der Waals surface area contributed by atoms with Crippen LogP contribution >= 0.6 is 0 Å². The van der Waals surface area contributed by atoms with E-state index in [0.717, 1.165) is 29.8 Å². The number of aromatic nitrogens is 5. The molecule has 8 nitrogen and oxygen atoms in total. The molecule has 2 unspecified atom stereocenters. The summed E-state index contributed by atoms with van der Waals surface area (Å²) in [5.41, 5.74) is 4.22. The van der Waals surface area contributed by atoms with E-state index in [0.29, 0.717) is 30.6 Å². The number of fused-ring (bicyclic) bond motifs is 2. The average molecular weight is 435 g/mol. The second kappa shape index (κ2) is 7.18. The van der Waals surface area contributed by atoms with Crippen molar-refractivity contribution < 1.29 is 4.79 Å². The Bertz CT molecular complexity index is 1300. The summed E-state index contributed by atoms with van der Waals surface area (Å²) in [4.78, 5) is 36.5. The number of rotatable bonds is 3. The lowest BCUT2D eigenvalue weighted by Crippen LogP contribution is -2.29. The fraction of sp³-hybridized carbons (Fsp3) is 0.500. The molecule has 3 aromatic rings. The van der Waals surface area contributed by atoms with Crippen molar-refractivity contribution >= 4 is 22.6 Å². The number of amides is 1. The Hall–Kier alpha value is -3.16. The second-order valence-corrected chi connectivity index (χ2v) is 10.5. The molecule has 4 heterocycles. The van der Waals surface area contributed by atoms with E-state index in [1.54, 1.807) is 28.7 Å². The highest BCUT2D eigenvalue weighted by Gasteiger charge is 2.39. The Morgan fingerprint density at radius 1 is 1.19 bits per heavy atom. The zero-order valence-electron chi connectivity index (χ0n) is 19.4. The maximum absolute atomic E-state index is 12.8. The average Bonchev–Trinajstić information content (AvgIpc) is 3.47. The van der Waals surface area contributed by atoms with Gasteiger partial charge in [-0.3, -0.25) is 13.9 Å². The van der Waals surface area contributed by atoms with Gasteiger partial charge in [0.2, 0.25) is 0 Å². The van der Waals surface area contributed by atoms with Crippen molar-refractivity contribution in [3.63, 3.8) is 0 Å². The van der Waals surface area contributed by atoms with Gasteiger partial charge in [0.25, 0.3) is 5.91 Å². The molecule has 1 saturated heterocycles. The van der Waals surface area contributed by atoms with Gasteiger partial charge in [-0.1, -0.05) is 26.8 Å². The van der Waals surface area contributed by atoms with E-state index >= 15 is 0 Å². The maximum atomic E-state index is 12.8. The summed E-state index contributed by atoms with van der Waals surface area (Å²) in [6.07, 6.45) is 6.60. The van der Waals surface area contributed by atoms with E-state index < -0.39 is 0 Å². The smallest absolute Gasteiger partial charge is 0.330 e. The van der Waals surface area contributed by atoms with Crippen molar-refractivity contribution in [3.05, 3.63) is 52.6 Å². The van der Waals surface area contributed by atoms with Crippen LogP contribution in [-0.2, 0) is 20.6 Å². The lowest BCUT2D eigenvalue weighted by Gasteiger charge is -2.18. The van der Waals surface area contributed by atoms with Crippen molar-refractivity contribution in [2.75, 3.05) is 13.1 Å². The third-order valence-electron chi connectivity index (χ3n) is 6.54. The number of hydrogen-bond donors (Lipinski definition) is 0. The van der Waals surface area contributed by atoms with Crippen LogP contribution in [0.2, 0.25) is 0 Å². The van der Waals surface area contributed by atoms with Gasteiger partial charge in [0.05, 0.1) is 17.5 Å². The summed E-state index contributed by atoms with van der Waals surface area (Å²) in [6.45, 7) is 8.49. The van der Waals surface area contributed by atoms with Gasteiger partial charge in [-0.05, 0) is 41.4 Å². The van der Waals surface area contributed by atoms with Crippen LogP contribution in [0.1, 0.15) is 43.4 Å². The van der Waals surface area contributed by atoms with Crippen molar-refractivity contribution in [3.8, 4) is 0 Å². The first-order chi connectivity index (χ1) is 15.1. The van der Waals surface area contributed by atoms with Crippen LogP contribution in [0, 0.1) is 17.3 Å². The summed E-state index contributed by atoms with van der Waals surface area (Å²) in [7, 11) is 3.66. The number of aryl methyl sites for hydroxylation is 2. The number of likely N-dealkylation sites (tertiary alicyclic amines) is 1. The van der Waals surface area contributed by atoms with E-state index in [9.17, 15) is 9.59 Å². The van der Waals surface area contributed by atoms with Crippen LogP contribution in [0.25, 0.3) is 16.7 Å². The molecule has 2 atom stereocenters. The first-order valence-electron chi connectivity index (χ1n) is 11.2.